The minimum atomic E-state index is -0.0879. The molecule has 0 aliphatic rings. The number of rotatable bonds is 5. The number of methoxy groups -OCH3 is 2. The van der Waals surface area contributed by atoms with Crippen LogP contribution >= 0.6 is 0 Å². The van der Waals surface area contributed by atoms with Gasteiger partial charge in [-0.15, -0.1) is 0 Å². The first-order chi connectivity index (χ1) is 9.21. The van der Waals surface area contributed by atoms with Crippen LogP contribution in [0, 0.1) is 22.7 Å². The summed E-state index contributed by atoms with van der Waals surface area (Å²) < 4.78 is 15.7. The van der Waals surface area contributed by atoms with Crippen LogP contribution in [0.15, 0.2) is 23.8 Å². The molecule has 0 aromatic heterocycles. The predicted octanol–water partition coefficient (Wildman–Crippen LogP) is 2.50. The summed E-state index contributed by atoms with van der Waals surface area (Å²) in [5, 5.41) is 17.8. The fourth-order valence-corrected chi connectivity index (χ4v) is 1.58. The van der Waals surface area contributed by atoms with Gasteiger partial charge in [-0.2, -0.15) is 10.5 Å². The Kier molecular flexibility index (Phi) is 5.25. The number of ether oxygens (including phenoxy) is 3. The Morgan fingerprint density at radius 2 is 1.84 bits per heavy atom. The molecule has 5 heteroatoms. The van der Waals surface area contributed by atoms with Gasteiger partial charge in [0, 0.05) is 5.56 Å². The van der Waals surface area contributed by atoms with E-state index in [0.29, 0.717) is 23.7 Å². The monoisotopic (exact) mass is 258 g/mol. The van der Waals surface area contributed by atoms with Gasteiger partial charge in [-0.25, -0.2) is 0 Å². The zero-order valence-electron chi connectivity index (χ0n) is 11.1. The van der Waals surface area contributed by atoms with Gasteiger partial charge in [0.05, 0.1) is 20.8 Å². The van der Waals surface area contributed by atoms with Crippen molar-refractivity contribution in [2.45, 2.75) is 6.92 Å². The summed E-state index contributed by atoms with van der Waals surface area (Å²) in [7, 11) is 2.95. The van der Waals surface area contributed by atoms with Crippen molar-refractivity contribution in [2.24, 2.45) is 0 Å². The molecule has 1 aromatic rings. The second-order valence-corrected chi connectivity index (χ2v) is 3.43. The summed E-state index contributed by atoms with van der Waals surface area (Å²) in [5.41, 5.74) is 0.500. The molecule has 0 fully saturated rings. The lowest BCUT2D eigenvalue weighted by molar-refractivity contribution is 0.310. The maximum Gasteiger partial charge on any atom is 0.172 e. The summed E-state index contributed by atoms with van der Waals surface area (Å²) in [6.07, 6.45) is 0. The molecule has 19 heavy (non-hydrogen) atoms. The SMILES string of the molecule is CCOc1cc(C(OC)=C(C#N)C#N)ccc1OC. The smallest absolute Gasteiger partial charge is 0.172 e. The van der Waals surface area contributed by atoms with Crippen LogP contribution in [0.2, 0.25) is 0 Å². The molecule has 0 saturated heterocycles. The summed E-state index contributed by atoms with van der Waals surface area (Å²) in [6.45, 7) is 2.34. The summed E-state index contributed by atoms with van der Waals surface area (Å²) >= 11 is 0. The van der Waals surface area contributed by atoms with Gasteiger partial charge < -0.3 is 14.2 Å². The number of hydrogen-bond donors (Lipinski definition) is 0. The van der Waals surface area contributed by atoms with E-state index in [1.54, 1.807) is 37.4 Å². The Morgan fingerprint density at radius 3 is 2.32 bits per heavy atom. The molecule has 0 radical (unpaired) electrons. The number of benzene rings is 1. The lowest BCUT2D eigenvalue weighted by Gasteiger charge is -2.12. The van der Waals surface area contributed by atoms with E-state index in [0.717, 1.165) is 0 Å². The Labute approximate surface area is 112 Å². The van der Waals surface area contributed by atoms with Crippen LogP contribution in [0.3, 0.4) is 0 Å². The lowest BCUT2D eigenvalue weighted by Crippen LogP contribution is -1.98. The van der Waals surface area contributed by atoms with E-state index in [4.69, 9.17) is 24.7 Å². The van der Waals surface area contributed by atoms with Gasteiger partial charge >= 0.3 is 0 Å². The normalized spacial score (nSPS) is 8.89. The van der Waals surface area contributed by atoms with Crippen molar-refractivity contribution in [2.75, 3.05) is 20.8 Å². The van der Waals surface area contributed by atoms with E-state index in [1.807, 2.05) is 6.92 Å². The molecule has 0 atom stereocenters. The van der Waals surface area contributed by atoms with Crippen LogP contribution in [-0.4, -0.2) is 20.8 Å². The van der Waals surface area contributed by atoms with E-state index in [1.165, 1.54) is 7.11 Å². The van der Waals surface area contributed by atoms with E-state index in [9.17, 15) is 0 Å². The average Bonchev–Trinajstić information content (AvgIpc) is 2.45. The molecule has 98 valence electrons. The summed E-state index contributed by atoms with van der Waals surface area (Å²) in [6, 6.07) is 8.69. The molecule has 0 aliphatic heterocycles. The second kappa shape index (κ2) is 6.93. The van der Waals surface area contributed by atoms with Gasteiger partial charge in [-0.1, -0.05) is 0 Å². The molecule has 0 bridgehead atoms. The van der Waals surface area contributed by atoms with Crippen molar-refractivity contribution in [3.8, 4) is 23.6 Å². The van der Waals surface area contributed by atoms with Crippen LogP contribution < -0.4 is 9.47 Å². The quantitative estimate of drug-likeness (QED) is 0.599. The van der Waals surface area contributed by atoms with E-state index >= 15 is 0 Å². The van der Waals surface area contributed by atoms with Gasteiger partial charge in [-0.05, 0) is 25.1 Å². The van der Waals surface area contributed by atoms with Crippen LogP contribution in [0.1, 0.15) is 12.5 Å². The molecule has 0 aliphatic carbocycles. The number of nitrogens with zero attached hydrogens (tertiary/aromatic N) is 2. The molecule has 0 N–H and O–H groups in total. The first kappa shape index (κ1) is 14.4. The first-order valence-corrected chi connectivity index (χ1v) is 5.61. The molecule has 1 aromatic carbocycles. The molecular formula is C14H14N2O3. The molecule has 1 rings (SSSR count). The third-order valence-electron chi connectivity index (χ3n) is 2.38. The van der Waals surface area contributed by atoms with Crippen LogP contribution in [0.4, 0.5) is 0 Å². The van der Waals surface area contributed by atoms with Gasteiger partial charge in [0.15, 0.2) is 22.8 Å². The number of nitriles is 2. The van der Waals surface area contributed by atoms with Crippen molar-refractivity contribution in [1.29, 1.82) is 10.5 Å². The lowest BCUT2D eigenvalue weighted by atomic mass is 10.1. The standard InChI is InChI=1S/C14H14N2O3/c1-4-19-13-7-10(5-6-12(13)17-2)14(18-3)11(8-15)9-16/h5-7H,4H2,1-3H3. The van der Waals surface area contributed by atoms with Crippen LogP contribution in [-0.2, 0) is 4.74 Å². The fraction of sp³-hybridized carbons (Fsp3) is 0.286. The van der Waals surface area contributed by atoms with Crippen LogP contribution in [0.25, 0.3) is 5.76 Å². The van der Waals surface area contributed by atoms with E-state index in [-0.39, 0.29) is 11.3 Å². The fourth-order valence-electron chi connectivity index (χ4n) is 1.58. The molecule has 0 heterocycles. The third-order valence-corrected chi connectivity index (χ3v) is 2.38. The summed E-state index contributed by atoms with van der Waals surface area (Å²) in [5.74, 6) is 1.33. The zero-order valence-corrected chi connectivity index (χ0v) is 11.1. The third kappa shape index (κ3) is 3.17. The Balaban J connectivity index is 3.36. The van der Waals surface area contributed by atoms with Crippen molar-refractivity contribution in [3.05, 3.63) is 29.3 Å². The van der Waals surface area contributed by atoms with Gasteiger partial charge in [0.25, 0.3) is 0 Å². The maximum atomic E-state index is 8.90. The first-order valence-electron chi connectivity index (χ1n) is 5.61. The maximum absolute atomic E-state index is 8.90. The Hall–Kier alpha value is -2.66. The van der Waals surface area contributed by atoms with Crippen molar-refractivity contribution < 1.29 is 14.2 Å². The largest absolute Gasteiger partial charge is 0.494 e. The molecule has 5 nitrogen and oxygen atoms in total. The zero-order chi connectivity index (χ0) is 14.3. The van der Waals surface area contributed by atoms with Crippen molar-refractivity contribution >= 4 is 5.76 Å². The van der Waals surface area contributed by atoms with Gasteiger partial charge in [-0.3, -0.25) is 0 Å². The summed E-state index contributed by atoms with van der Waals surface area (Å²) in [4.78, 5) is 0. The number of hydrogen-bond acceptors (Lipinski definition) is 5. The molecule has 0 amide bonds. The molecule has 0 spiro atoms. The molecular weight excluding hydrogens is 244 g/mol. The molecule has 0 saturated carbocycles. The highest BCUT2D eigenvalue weighted by Gasteiger charge is 2.13. The molecule has 0 unspecified atom stereocenters. The average molecular weight is 258 g/mol. The van der Waals surface area contributed by atoms with Gasteiger partial charge in [0.1, 0.15) is 12.1 Å². The number of allylic oxidation sites excluding steroid dienone is 1. The van der Waals surface area contributed by atoms with Gasteiger partial charge in [0.2, 0.25) is 0 Å². The van der Waals surface area contributed by atoms with E-state index < -0.39 is 0 Å². The Bertz CT molecular complexity index is 549. The minimum Gasteiger partial charge on any atom is -0.494 e. The Morgan fingerprint density at radius 1 is 1.16 bits per heavy atom. The van der Waals surface area contributed by atoms with Crippen molar-refractivity contribution in [1.82, 2.24) is 0 Å². The van der Waals surface area contributed by atoms with Crippen molar-refractivity contribution in [3.63, 3.8) is 0 Å². The highest BCUT2D eigenvalue weighted by Crippen LogP contribution is 2.31. The predicted molar refractivity (Wildman–Crippen MR) is 69.3 cm³/mol. The highest BCUT2D eigenvalue weighted by molar-refractivity contribution is 5.72. The van der Waals surface area contributed by atoms with Crippen LogP contribution in [0.5, 0.6) is 11.5 Å². The topological polar surface area (TPSA) is 75.3 Å². The second-order valence-electron chi connectivity index (χ2n) is 3.43. The minimum absolute atomic E-state index is 0.0879. The highest BCUT2D eigenvalue weighted by atomic mass is 16.5. The van der Waals surface area contributed by atoms with E-state index in [2.05, 4.69) is 0 Å².